The molecule has 0 aliphatic heterocycles. The predicted octanol–water partition coefficient (Wildman–Crippen LogP) is 3.87. The first-order valence-electron chi connectivity index (χ1n) is 7.85. The standard InChI is InChI=1S/C16H12ClF3N4O2S2/c1-2-27-13-11(12(25)22-6-8-3-4-10(17)21-5-8)14(26)24-9(16(18,19)20)7-28-15(24)23-13/h3-5,7H,2,6H2,1H3,(H,22,25). The molecule has 148 valence electrons. The maximum Gasteiger partial charge on any atom is 0.432 e. The molecule has 3 aromatic heterocycles. The second-order valence-electron chi connectivity index (χ2n) is 5.44. The maximum absolute atomic E-state index is 13.2. The molecule has 0 atom stereocenters. The Morgan fingerprint density at radius 1 is 1.39 bits per heavy atom. The molecule has 28 heavy (non-hydrogen) atoms. The van der Waals surface area contributed by atoms with Crippen LogP contribution in [-0.2, 0) is 12.7 Å². The Labute approximate surface area is 169 Å². The van der Waals surface area contributed by atoms with E-state index in [-0.39, 0.29) is 21.7 Å². The summed E-state index contributed by atoms with van der Waals surface area (Å²) in [6.45, 7) is 1.81. The van der Waals surface area contributed by atoms with E-state index in [9.17, 15) is 22.8 Å². The number of pyridine rings is 1. The number of amides is 1. The number of hydrogen-bond acceptors (Lipinski definition) is 6. The minimum absolute atomic E-state index is 0.0249. The van der Waals surface area contributed by atoms with Crippen molar-refractivity contribution in [3.05, 3.63) is 56.0 Å². The van der Waals surface area contributed by atoms with Crippen LogP contribution in [0.3, 0.4) is 0 Å². The van der Waals surface area contributed by atoms with Crippen LogP contribution in [0.5, 0.6) is 0 Å². The number of alkyl halides is 3. The van der Waals surface area contributed by atoms with E-state index in [1.54, 1.807) is 13.0 Å². The number of rotatable bonds is 5. The minimum atomic E-state index is -4.74. The quantitative estimate of drug-likeness (QED) is 0.364. The Hall–Kier alpha value is -2.11. The van der Waals surface area contributed by atoms with Gasteiger partial charge in [-0.25, -0.2) is 14.4 Å². The smallest absolute Gasteiger partial charge is 0.348 e. The Morgan fingerprint density at radius 3 is 2.75 bits per heavy atom. The van der Waals surface area contributed by atoms with E-state index in [4.69, 9.17) is 11.6 Å². The fourth-order valence-corrected chi connectivity index (χ4v) is 4.15. The average molecular weight is 449 g/mol. The second kappa shape index (κ2) is 8.10. The van der Waals surface area contributed by atoms with Crippen molar-refractivity contribution in [3.63, 3.8) is 0 Å². The third kappa shape index (κ3) is 4.15. The lowest BCUT2D eigenvalue weighted by Gasteiger charge is -2.11. The molecule has 3 aromatic rings. The molecule has 0 fully saturated rings. The van der Waals surface area contributed by atoms with Crippen LogP contribution in [0.4, 0.5) is 13.2 Å². The van der Waals surface area contributed by atoms with Crippen LogP contribution >= 0.6 is 34.7 Å². The van der Waals surface area contributed by atoms with E-state index < -0.39 is 28.9 Å². The highest BCUT2D eigenvalue weighted by atomic mass is 35.5. The zero-order valence-electron chi connectivity index (χ0n) is 14.2. The van der Waals surface area contributed by atoms with Gasteiger partial charge in [0, 0.05) is 18.1 Å². The Bertz CT molecular complexity index is 1080. The molecule has 0 aliphatic rings. The van der Waals surface area contributed by atoms with Gasteiger partial charge in [0.25, 0.3) is 11.5 Å². The van der Waals surface area contributed by atoms with Crippen molar-refractivity contribution in [2.24, 2.45) is 0 Å². The number of thioether (sulfide) groups is 1. The first kappa shape index (κ1) is 20.6. The van der Waals surface area contributed by atoms with E-state index in [1.165, 1.54) is 12.3 Å². The molecule has 0 spiro atoms. The number of carbonyl (C=O) groups is 1. The van der Waals surface area contributed by atoms with Crippen molar-refractivity contribution in [2.75, 3.05) is 5.75 Å². The minimum Gasteiger partial charge on any atom is -0.348 e. The van der Waals surface area contributed by atoms with Gasteiger partial charge in [-0.3, -0.25) is 9.59 Å². The average Bonchev–Trinajstić information content (AvgIpc) is 3.06. The van der Waals surface area contributed by atoms with Crippen LogP contribution in [0.2, 0.25) is 5.15 Å². The summed E-state index contributed by atoms with van der Waals surface area (Å²) < 4.78 is 40.1. The highest BCUT2D eigenvalue weighted by Crippen LogP contribution is 2.32. The van der Waals surface area contributed by atoms with E-state index in [2.05, 4.69) is 15.3 Å². The highest BCUT2D eigenvalue weighted by Gasteiger charge is 2.36. The summed E-state index contributed by atoms with van der Waals surface area (Å²) in [5.41, 5.74) is -2.02. The van der Waals surface area contributed by atoms with Gasteiger partial charge in [-0.2, -0.15) is 13.2 Å². The molecule has 0 aliphatic carbocycles. The lowest BCUT2D eigenvalue weighted by atomic mass is 10.2. The largest absolute Gasteiger partial charge is 0.432 e. The van der Waals surface area contributed by atoms with Crippen LogP contribution in [0.15, 0.2) is 33.5 Å². The molecular weight excluding hydrogens is 437 g/mol. The zero-order valence-corrected chi connectivity index (χ0v) is 16.6. The molecule has 3 rings (SSSR count). The summed E-state index contributed by atoms with van der Waals surface area (Å²) in [6, 6.07) is 3.16. The molecule has 0 bridgehead atoms. The highest BCUT2D eigenvalue weighted by molar-refractivity contribution is 7.99. The second-order valence-corrected chi connectivity index (χ2v) is 7.92. The summed E-state index contributed by atoms with van der Waals surface area (Å²) in [5.74, 6) is -0.321. The van der Waals surface area contributed by atoms with Gasteiger partial charge in [-0.1, -0.05) is 24.6 Å². The predicted molar refractivity (Wildman–Crippen MR) is 101 cm³/mol. The van der Waals surface area contributed by atoms with E-state index >= 15 is 0 Å². The number of thiazole rings is 1. The number of nitrogens with one attached hydrogen (secondary N) is 1. The number of halogens is 4. The molecular formula is C16H12ClF3N4O2S2. The number of carbonyl (C=O) groups excluding carboxylic acids is 1. The van der Waals surface area contributed by atoms with Crippen molar-refractivity contribution in [2.45, 2.75) is 24.7 Å². The lowest BCUT2D eigenvalue weighted by molar-refractivity contribution is -0.141. The van der Waals surface area contributed by atoms with Crippen LogP contribution in [0.25, 0.3) is 4.96 Å². The summed E-state index contributed by atoms with van der Waals surface area (Å²) in [5, 5.41) is 3.71. The number of hydrogen-bond donors (Lipinski definition) is 1. The molecule has 6 nitrogen and oxygen atoms in total. The normalized spacial score (nSPS) is 11.8. The van der Waals surface area contributed by atoms with E-state index in [1.807, 2.05) is 0 Å². The van der Waals surface area contributed by atoms with Crippen LogP contribution in [0.1, 0.15) is 28.5 Å². The Kier molecular flexibility index (Phi) is 5.96. The summed E-state index contributed by atoms with van der Waals surface area (Å²) in [6.07, 6.45) is -3.30. The van der Waals surface area contributed by atoms with Gasteiger partial charge in [-0.15, -0.1) is 23.1 Å². The summed E-state index contributed by atoms with van der Waals surface area (Å²) >= 11 is 7.50. The lowest BCUT2D eigenvalue weighted by Crippen LogP contribution is -2.33. The van der Waals surface area contributed by atoms with Gasteiger partial charge in [-0.05, 0) is 17.4 Å². The fraction of sp³-hybridized carbons (Fsp3) is 0.250. The van der Waals surface area contributed by atoms with Crippen molar-refractivity contribution >= 4 is 45.6 Å². The SMILES string of the molecule is CCSc1nc2scc(C(F)(F)F)n2c(=O)c1C(=O)NCc1ccc(Cl)nc1. The number of fused-ring (bicyclic) bond motifs is 1. The third-order valence-corrected chi connectivity index (χ3v) is 5.48. The third-order valence-electron chi connectivity index (χ3n) is 3.58. The molecule has 0 radical (unpaired) electrons. The van der Waals surface area contributed by atoms with Crippen LogP contribution < -0.4 is 10.9 Å². The van der Waals surface area contributed by atoms with Gasteiger partial charge in [0.05, 0.1) is 0 Å². The van der Waals surface area contributed by atoms with Crippen LogP contribution in [0, 0.1) is 0 Å². The van der Waals surface area contributed by atoms with Gasteiger partial charge in [0.1, 0.15) is 21.4 Å². The van der Waals surface area contributed by atoms with Gasteiger partial charge in [0.2, 0.25) is 0 Å². The summed E-state index contributed by atoms with van der Waals surface area (Å²) in [4.78, 5) is 33.3. The number of aromatic nitrogens is 3. The van der Waals surface area contributed by atoms with Crippen molar-refractivity contribution in [3.8, 4) is 0 Å². The zero-order chi connectivity index (χ0) is 20.5. The first-order valence-corrected chi connectivity index (χ1v) is 10.1. The monoisotopic (exact) mass is 448 g/mol. The van der Waals surface area contributed by atoms with Crippen molar-refractivity contribution in [1.29, 1.82) is 0 Å². The van der Waals surface area contributed by atoms with Gasteiger partial charge >= 0.3 is 6.18 Å². The van der Waals surface area contributed by atoms with E-state index in [0.29, 0.717) is 27.1 Å². The van der Waals surface area contributed by atoms with Crippen LogP contribution in [-0.4, -0.2) is 26.0 Å². The molecule has 1 amide bonds. The first-order chi connectivity index (χ1) is 13.2. The Morgan fingerprint density at radius 2 is 2.14 bits per heavy atom. The molecule has 0 unspecified atom stereocenters. The Balaban J connectivity index is 2.03. The van der Waals surface area contributed by atoms with Crippen molar-refractivity contribution in [1.82, 2.24) is 19.7 Å². The molecule has 1 N–H and O–H groups in total. The van der Waals surface area contributed by atoms with Gasteiger partial charge in [0.15, 0.2) is 4.96 Å². The molecule has 0 aromatic carbocycles. The maximum atomic E-state index is 13.2. The fourth-order valence-electron chi connectivity index (χ4n) is 2.35. The number of nitrogens with zero attached hydrogens (tertiary/aromatic N) is 3. The summed E-state index contributed by atoms with van der Waals surface area (Å²) in [7, 11) is 0. The molecule has 0 saturated carbocycles. The topological polar surface area (TPSA) is 76.4 Å². The molecule has 0 saturated heterocycles. The molecule has 3 heterocycles. The molecule has 12 heteroatoms. The van der Waals surface area contributed by atoms with Gasteiger partial charge < -0.3 is 5.32 Å². The van der Waals surface area contributed by atoms with E-state index in [0.717, 1.165) is 17.1 Å². The van der Waals surface area contributed by atoms with Crippen molar-refractivity contribution < 1.29 is 18.0 Å².